The van der Waals surface area contributed by atoms with Gasteiger partial charge in [-0.15, -0.1) is 0 Å². The molecule has 2 aromatic rings. The maximum absolute atomic E-state index is 13.0. The molecule has 0 spiro atoms. The summed E-state index contributed by atoms with van der Waals surface area (Å²) in [7, 11) is 0. The molecule has 1 aliphatic heterocycles. The summed E-state index contributed by atoms with van der Waals surface area (Å²) < 4.78 is 13.0. The summed E-state index contributed by atoms with van der Waals surface area (Å²) >= 11 is 0. The fourth-order valence-corrected chi connectivity index (χ4v) is 3.50. The molecular formula is C24H31FN4O2. The first kappa shape index (κ1) is 22.9. The largest absolute Gasteiger partial charge is 0.325 e. The van der Waals surface area contributed by atoms with Crippen molar-refractivity contribution in [3.8, 4) is 0 Å². The predicted octanol–water partition coefficient (Wildman–Crippen LogP) is 3.32. The average Bonchev–Trinajstić information content (AvgIpc) is 2.71. The Kier molecular flexibility index (Phi) is 7.41. The van der Waals surface area contributed by atoms with Gasteiger partial charge in [-0.05, 0) is 47.4 Å². The number of amides is 2. The monoisotopic (exact) mass is 426 g/mol. The third kappa shape index (κ3) is 7.15. The van der Waals surface area contributed by atoms with Gasteiger partial charge in [-0.25, -0.2) is 4.39 Å². The topological polar surface area (TPSA) is 64.7 Å². The summed E-state index contributed by atoms with van der Waals surface area (Å²) in [6, 6.07) is 13.7. The number of rotatable bonds is 6. The van der Waals surface area contributed by atoms with Gasteiger partial charge >= 0.3 is 0 Å². The Bertz CT molecular complexity index is 883. The lowest BCUT2D eigenvalue weighted by Crippen LogP contribution is -2.50. The Hall–Kier alpha value is -2.77. The molecule has 166 valence electrons. The standard InChI is InChI=1S/C24H31FN4O2/c1-24(2,3)18-4-8-20(9-5-18)26-22(30)16-28-12-14-29(15-13-28)17-23(31)27-21-10-6-19(25)7-11-21/h4-11H,12-17H2,1-3H3,(H,26,30)(H,27,31). The first-order valence-corrected chi connectivity index (χ1v) is 10.6. The van der Waals surface area contributed by atoms with Crippen molar-refractivity contribution in [1.82, 2.24) is 9.80 Å². The molecule has 0 atom stereocenters. The molecule has 3 rings (SSSR count). The van der Waals surface area contributed by atoms with Crippen LogP contribution in [0.25, 0.3) is 0 Å². The van der Waals surface area contributed by atoms with Crippen LogP contribution in [-0.4, -0.2) is 60.9 Å². The van der Waals surface area contributed by atoms with Crippen molar-refractivity contribution in [2.24, 2.45) is 0 Å². The second-order valence-electron chi connectivity index (χ2n) is 8.98. The number of carbonyl (C=O) groups is 2. The summed E-state index contributed by atoms with van der Waals surface area (Å²) in [6.45, 7) is 9.95. The quantitative estimate of drug-likeness (QED) is 0.744. The molecule has 0 saturated carbocycles. The number of benzene rings is 2. The number of hydrogen-bond donors (Lipinski definition) is 2. The molecule has 2 amide bonds. The maximum atomic E-state index is 13.0. The average molecular weight is 427 g/mol. The lowest BCUT2D eigenvalue weighted by Gasteiger charge is -2.33. The number of halogens is 1. The predicted molar refractivity (Wildman–Crippen MR) is 122 cm³/mol. The fraction of sp³-hybridized carbons (Fsp3) is 0.417. The van der Waals surface area contributed by atoms with E-state index in [0.717, 1.165) is 18.8 Å². The van der Waals surface area contributed by atoms with Crippen LogP contribution in [0.4, 0.5) is 15.8 Å². The molecule has 0 aliphatic carbocycles. The summed E-state index contributed by atoms with van der Waals surface area (Å²) in [4.78, 5) is 28.7. The minimum absolute atomic E-state index is 0.0361. The smallest absolute Gasteiger partial charge is 0.238 e. The number of nitrogens with one attached hydrogen (secondary N) is 2. The van der Waals surface area contributed by atoms with Gasteiger partial charge in [0.2, 0.25) is 11.8 Å². The fourth-order valence-electron chi connectivity index (χ4n) is 3.50. The summed E-state index contributed by atoms with van der Waals surface area (Å²) in [6.07, 6.45) is 0. The van der Waals surface area contributed by atoms with E-state index in [4.69, 9.17) is 0 Å². The molecule has 6 nitrogen and oxygen atoms in total. The highest BCUT2D eigenvalue weighted by Gasteiger charge is 2.21. The van der Waals surface area contributed by atoms with E-state index in [9.17, 15) is 14.0 Å². The lowest BCUT2D eigenvalue weighted by atomic mass is 9.87. The van der Waals surface area contributed by atoms with Crippen LogP contribution in [0.5, 0.6) is 0 Å². The van der Waals surface area contributed by atoms with Crippen LogP contribution in [0, 0.1) is 5.82 Å². The normalized spacial score (nSPS) is 15.5. The highest BCUT2D eigenvalue weighted by atomic mass is 19.1. The van der Waals surface area contributed by atoms with Crippen LogP contribution in [0.2, 0.25) is 0 Å². The molecule has 1 fully saturated rings. The van der Waals surface area contributed by atoms with Crippen molar-refractivity contribution in [1.29, 1.82) is 0 Å². The van der Waals surface area contributed by atoms with Gasteiger partial charge < -0.3 is 10.6 Å². The van der Waals surface area contributed by atoms with Gasteiger partial charge in [0.25, 0.3) is 0 Å². The summed E-state index contributed by atoms with van der Waals surface area (Å²) in [5.74, 6) is -0.498. The minimum Gasteiger partial charge on any atom is -0.325 e. The maximum Gasteiger partial charge on any atom is 0.238 e. The molecule has 1 saturated heterocycles. The SMILES string of the molecule is CC(C)(C)c1ccc(NC(=O)CN2CCN(CC(=O)Nc3ccc(F)cc3)CC2)cc1. The van der Waals surface area contributed by atoms with Gasteiger partial charge in [-0.1, -0.05) is 32.9 Å². The van der Waals surface area contributed by atoms with Crippen molar-refractivity contribution in [3.05, 3.63) is 59.9 Å². The molecule has 0 bridgehead atoms. The first-order valence-electron chi connectivity index (χ1n) is 10.6. The van der Waals surface area contributed by atoms with E-state index in [2.05, 4.69) is 41.2 Å². The molecule has 0 radical (unpaired) electrons. The van der Waals surface area contributed by atoms with E-state index in [-0.39, 0.29) is 29.6 Å². The molecular weight excluding hydrogens is 395 g/mol. The molecule has 0 aromatic heterocycles. The van der Waals surface area contributed by atoms with Gasteiger partial charge in [0.15, 0.2) is 0 Å². The van der Waals surface area contributed by atoms with Crippen molar-refractivity contribution in [3.63, 3.8) is 0 Å². The van der Waals surface area contributed by atoms with Crippen molar-refractivity contribution in [2.45, 2.75) is 26.2 Å². The Morgan fingerprint density at radius 2 is 1.16 bits per heavy atom. The van der Waals surface area contributed by atoms with Crippen LogP contribution in [0.15, 0.2) is 48.5 Å². The Labute approximate surface area is 183 Å². The van der Waals surface area contributed by atoms with E-state index >= 15 is 0 Å². The number of carbonyl (C=O) groups excluding carboxylic acids is 2. The number of piperazine rings is 1. The van der Waals surface area contributed by atoms with Gasteiger partial charge in [-0.3, -0.25) is 19.4 Å². The molecule has 2 N–H and O–H groups in total. The van der Waals surface area contributed by atoms with E-state index < -0.39 is 0 Å². The zero-order valence-corrected chi connectivity index (χ0v) is 18.5. The third-order valence-corrected chi connectivity index (χ3v) is 5.36. The second kappa shape index (κ2) is 10.0. The second-order valence-corrected chi connectivity index (χ2v) is 8.98. The van der Waals surface area contributed by atoms with Crippen molar-refractivity contribution >= 4 is 23.2 Å². The van der Waals surface area contributed by atoms with E-state index in [0.29, 0.717) is 25.3 Å². The zero-order valence-electron chi connectivity index (χ0n) is 18.5. The van der Waals surface area contributed by atoms with Gasteiger partial charge in [0.1, 0.15) is 5.82 Å². The van der Waals surface area contributed by atoms with Gasteiger partial charge in [-0.2, -0.15) is 0 Å². The Morgan fingerprint density at radius 3 is 1.55 bits per heavy atom. The van der Waals surface area contributed by atoms with Crippen molar-refractivity contribution in [2.75, 3.05) is 49.9 Å². The van der Waals surface area contributed by atoms with Crippen LogP contribution < -0.4 is 10.6 Å². The van der Waals surface area contributed by atoms with Gasteiger partial charge in [0, 0.05) is 37.6 Å². The van der Waals surface area contributed by atoms with Crippen LogP contribution in [-0.2, 0) is 15.0 Å². The Balaban J connectivity index is 1.38. The molecule has 1 heterocycles. The van der Waals surface area contributed by atoms with E-state index in [1.165, 1.54) is 17.7 Å². The van der Waals surface area contributed by atoms with Crippen molar-refractivity contribution < 1.29 is 14.0 Å². The minimum atomic E-state index is -0.333. The lowest BCUT2D eigenvalue weighted by molar-refractivity contribution is -0.120. The first-order chi connectivity index (χ1) is 14.7. The molecule has 2 aromatic carbocycles. The highest BCUT2D eigenvalue weighted by molar-refractivity contribution is 5.92. The van der Waals surface area contributed by atoms with Crippen LogP contribution in [0.3, 0.4) is 0 Å². The summed E-state index contributed by atoms with van der Waals surface area (Å²) in [5, 5.41) is 5.73. The number of nitrogens with zero attached hydrogens (tertiary/aromatic N) is 2. The molecule has 1 aliphatic rings. The highest BCUT2D eigenvalue weighted by Crippen LogP contribution is 2.23. The molecule has 31 heavy (non-hydrogen) atoms. The van der Waals surface area contributed by atoms with E-state index in [1.807, 2.05) is 24.3 Å². The summed E-state index contributed by atoms with van der Waals surface area (Å²) in [5.41, 5.74) is 2.69. The molecule has 0 unspecified atom stereocenters. The third-order valence-electron chi connectivity index (χ3n) is 5.36. The van der Waals surface area contributed by atoms with E-state index in [1.54, 1.807) is 12.1 Å². The number of anilines is 2. The zero-order chi connectivity index (χ0) is 22.4. The number of hydrogen-bond acceptors (Lipinski definition) is 4. The van der Waals surface area contributed by atoms with Crippen LogP contribution >= 0.6 is 0 Å². The molecule has 7 heteroatoms. The van der Waals surface area contributed by atoms with Crippen LogP contribution in [0.1, 0.15) is 26.3 Å². The van der Waals surface area contributed by atoms with Gasteiger partial charge in [0.05, 0.1) is 13.1 Å². The Morgan fingerprint density at radius 1 is 0.774 bits per heavy atom.